The van der Waals surface area contributed by atoms with E-state index in [1.54, 1.807) is 38.5 Å². The van der Waals surface area contributed by atoms with Crippen LogP contribution in [0.4, 0.5) is 0 Å². The highest BCUT2D eigenvalue weighted by Crippen LogP contribution is 2.53. The van der Waals surface area contributed by atoms with Crippen molar-refractivity contribution in [1.29, 1.82) is 5.26 Å². The van der Waals surface area contributed by atoms with Gasteiger partial charge in [0.25, 0.3) is 5.91 Å². The van der Waals surface area contributed by atoms with Gasteiger partial charge in [0.15, 0.2) is 6.29 Å². The number of nitrogens with one attached hydrogen (secondary N) is 1. The van der Waals surface area contributed by atoms with E-state index in [4.69, 9.17) is 14.2 Å². The van der Waals surface area contributed by atoms with E-state index in [-0.39, 0.29) is 18.9 Å². The highest BCUT2D eigenvalue weighted by Gasteiger charge is 2.38. The molecule has 178 valence electrons. The fourth-order valence-corrected chi connectivity index (χ4v) is 4.55. The molecule has 0 spiro atoms. The first-order chi connectivity index (χ1) is 16.9. The molecule has 0 radical (unpaired) electrons. The van der Waals surface area contributed by atoms with Gasteiger partial charge in [0.2, 0.25) is 0 Å². The van der Waals surface area contributed by atoms with Crippen LogP contribution >= 0.6 is 0 Å². The van der Waals surface area contributed by atoms with E-state index in [2.05, 4.69) is 25.2 Å². The van der Waals surface area contributed by atoms with E-state index >= 15 is 0 Å². The van der Waals surface area contributed by atoms with Gasteiger partial charge in [-0.05, 0) is 18.2 Å². The Morgan fingerprint density at radius 2 is 1.60 bits per heavy atom. The Bertz CT molecular complexity index is 1350. The molecule has 1 amide bonds. The average molecular weight is 471 g/mol. The summed E-state index contributed by atoms with van der Waals surface area (Å²) in [6, 6.07) is 16.4. The number of ether oxygens (including phenoxy) is 3. The number of amides is 1. The Hall–Kier alpha value is -4.31. The first-order valence-electron chi connectivity index (χ1n) is 11.1. The molecule has 1 aliphatic heterocycles. The molecule has 0 saturated carbocycles. The summed E-state index contributed by atoms with van der Waals surface area (Å²) >= 11 is 0. The summed E-state index contributed by atoms with van der Waals surface area (Å²) in [6.45, 7) is 4.29. The minimum Gasteiger partial charge on any atom is -0.496 e. The van der Waals surface area contributed by atoms with Gasteiger partial charge < -0.3 is 19.5 Å². The Kier molecular flexibility index (Phi) is 6.48. The highest BCUT2D eigenvalue weighted by molar-refractivity contribution is 6.01. The second-order valence-corrected chi connectivity index (χ2v) is 8.70. The largest absolute Gasteiger partial charge is 0.496 e. The quantitative estimate of drug-likeness (QED) is 0.491. The summed E-state index contributed by atoms with van der Waals surface area (Å²) in [6.07, 6.45) is 0.781. The lowest BCUT2D eigenvalue weighted by Crippen LogP contribution is -2.28. The molecular formula is C28H26N2O5. The minimum absolute atomic E-state index is 0.112. The molecule has 0 fully saturated rings. The maximum absolute atomic E-state index is 12.9. The molecule has 0 aliphatic carbocycles. The number of benzene rings is 3. The van der Waals surface area contributed by atoms with Gasteiger partial charge in [-0.2, -0.15) is 5.26 Å². The van der Waals surface area contributed by atoms with Crippen molar-refractivity contribution in [3.63, 3.8) is 0 Å². The van der Waals surface area contributed by atoms with Gasteiger partial charge in [-0.15, -0.1) is 0 Å². The monoisotopic (exact) mass is 470 g/mol. The zero-order valence-electron chi connectivity index (χ0n) is 20.1. The van der Waals surface area contributed by atoms with Gasteiger partial charge in [0, 0.05) is 27.7 Å². The molecule has 4 rings (SSSR count). The van der Waals surface area contributed by atoms with E-state index in [1.165, 1.54) is 0 Å². The number of carbonyl (C=O) groups excluding carboxylic acids is 2. The van der Waals surface area contributed by atoms with Crippen LogP contribution in [0.5, 0.6) is 23.0 Å². The van der Waals surface area contributed by atoms with Crippen LogP contribution in [0.15, 0.2) is 48.5 Å². The fraction of sp³-hybridized carbons (Fsp3) is 0.250. The molecule has 0 unspecified atom stereocenters. The number of hydrogen-bond acceptors (Lipinski definition) is 6. The van der Waals surface area contributed by atoms with E-state index in [0.29, 0.717) is 51.5 Å². The van der Waals surface area contributed by atoms with E-state index < -0.39 is 5.41 Å². The molecule has 1 aliphatic rings. The summed E-state index contributed by atoms with van der Waals surface area (Å²) in [5, 5.41) is 12.3. The molecule has 0 aromatic heterocycles. The van der Waals surface area contributed by atoms with Crippen molar-refractivity contribution in [2.75, 3.05) is 14.2 Å². The lowest BCUT2D eigenvalue weighted by atomic mass is 9.74. The van der Waals surface area contributed by atoms with E-state index in [1.807, 2.05) is 24.3 Å². The Morgan fingerprint density at radius 3 is 2.20 bits per heavy atom. The van der Waals surface area contributed by atoms with Gasteiger partial charge in [-0.3, -0.25) is 9.59 Å². The van der Waals surface area contributed by atoms with Crippen LogP contribution < -0.4 is 19.5 Å². The zero-order valence-corrected chi connectivity index (χ0v) is 20.1. The third-order valence-corrected chi connectivity index (χ3v) is 6.44. The van der Waals surface area contributed by atoms with Crippen molar-refractivity contribution < 1.29 is 23.8 Å². The van der Waals surface area contributed by atoms with Crippen LogP contribution in [-0.4, -0.2) is 26.4 Å². The van der Waals surface area contributed by atoms with Crippen molar-refractivity contribution >= 4 is 12.2 Å². The number of carbonyl (C=O) groups is 2. The topological polar surface area (TPSA) is 97.7 Å². The molecular weight excluding hydrogens is 444 g/mol. The zero-order chi connectivity index (χ0) is 25.2. The van der Waals surface area contributed by atoms with Gasteiger partial charge >= 0.3 is 0 Å². The number of nitriles is 1. The van der Waals surface area contributed by atoms with Gasteiger partial charge in [-0.25, -0.2) is 0 Å². The molecule has 7 nitrogen and oxygen atoms in total. The van der Waals surface area contributed by atoms with Crippen molar-refractivity contribution in [2.45, 2.75) is 32.2 Å². The molecule has 3 aromatic carbocycles. The summed E-state index contributed by atoms with van der Waals surface area (Å²) in [5.41, 5.74) is 3.35. The Morgan fingerprint density at radius 1 is 1.00 bits per heavy atom. The normalized spacial score (nSPS) is 12.9. The van der Waals surface area contributed by atoms with Gasteiger partial charge in [-0.1, -0.05) is 44.2 Å². The van der Waals surface area contributed by atoms with Crippen LogP contribution in [-0.2, 0) is 18.4 Å². The van der Waals surface area contributed by atoms with Crippen LogP contribution in [0.3, 0.4) is 0 Å². The summed E-state index contributed by atoms with van der Waals surface area (Å²) in [4.78, 5) is 24.3. The summed E-state index contributed by atoms with van der Waals surface area (Å²) in [7, 11) is 3.12. The summed E-state index contributed by atoms with van der Waals surface area (Å²) in [5.74, 6) is 1.90. The third-order valence-electron chi connectivity index (χ3n) is 6.44. The van der Waals surface area contributed by atoms with E-state index in [0.717, 1.165) is 11.1 Å². The molecule has 0 bridgehead atoms. The van der Waals surface area contributed by atoms with Crippen LogP contribution in [0.2, 0.25) is 0 Å². The first kappa shape index (κ1) is 23.8. The van der Waals surface area contributed by atoms with Crippen LogP contribution in [0.1, 0.15) is 56.8 Å². The first-order valence-corrected chi connectivity index (χ1v) is 11.1. The number of fused-ring (bicyclic) bond motifs is 2. The fourth-order valence-electron chi connectivity index (χ4n) is 4.55. The maximum Gasteiger partial charge on any atom is 0.252 e. The molecule has 1 N–H and O–H groups in total. The predicted molar refractivity (Wildman–Crippen MR) is 131 cm³/mol. The molecule has 1 heterocycles. The lowest BCUT2D eigenvalue weighted by molar-refractivity contribution is 0.0945. The second-order valence-electron chi connectivity index (χ2n) is 8.70. The maximum atomic E-state index is 12.9. The Balaban J connectivity index is 1.79. The second kappa shape index (κ2) is 9.51. The number of rotatable bonds is 7. The number of methoxy groups -OCH3 is 2. The van der Waals surface area contributed by atoms with Crippen LogP contribution in [0.25, 0.3) is 0 Å². The average Bonchev–Trinajstić information content (AvgIpc) is 2.87. The number of hydrogen-bond donors (Lipinski definition) is 1. The molecule has 0 atom stereocenters. The van der Waals surface area contributed by atoms with Crippen molar-refractivity contribution in [1.82, 2.24) is 5.32 Å². The molecule has 0 saturated heterocycles. The van der Waals surface area contributed by atoms with Crippen molar-refractivity contribution in [2.24, 2.45) is 0 Å². The number of aldehydes is 1. The van der Waals surface area contributed by atoms with Crippen LogP contribution in [0, 0.1) is 11.3 Å². The minimum atomic E-state index is -0.450. The lowest BCUT2D eigenvalue weighted by Gasteiger charge is -2.37. The Labute approximate surface area is 204 Å². The standard InChI is InChI=1S/C28H26N2O5/c1-28(2)21-9-11-23(33-3)19(13-14-29)25(21)35-26-20(24(34-4)12-10-22(26)28)15-30-27(32)18-8-6-5-7-17(18)16-31/h5-12,16H,13,15H2,1-4H3,(H,30,32). The highest BCUT2D eigenvalue weighted by atomic mass is 16.5. The predicted octanol–water partition coefficient (Wildman–Crippen LogP) is 4.94. The van der Waals surface area contributed by atoms with E-state index in [9.17, 15) is 14.9 Å². The smallest absolute Gasteiger partial charge is 0.252 e. The van der Waals surface area contributed by atoms with Crippen molar-refractivity contribution in [3.8, 4) is 29.1 Å². The molecule has 7 heteroatoms. The molecule has 35 heavy (non-hydrogen) atoms. The van der Waals surface area contributed by atoms with Gasteiger partial charge in [0.05, 0.1) is 44.4 Å². The third kappa shape index (κ3) is 4.08. The van der Waals surface area contributed by atoms with Gasteiger partial charge in [0.1, 0.15) is 23.0 Å². The summed E-state index contributed by atoms with van der Waals surface area (Å²) < 4.78 is 17.6. The van der Waals surface area contributed by atoms with Crippen molar-refractivity contribution in [3.05, 3.63) is 81.9 Å². The number of nitrogens with zero attached hydrogens (tertiary/aromatic N) is 1. The molecule has 3 aromatic rings. The SMILES string of the molecule is COc1ccc2c(c1CC#N)Oc1c(ccc(OC)c1CNC(=O)c1ccccc1C=O)C2(C)C.